The molecule has 164 valence electrons. The molecular formula is C24H24FN5O2. The van der Waals surface area contributed by atoms with Gasteiger partial charge in [0.15, 0.2) is 5.82 Å². The zero-order valence-corrected chi connectivity index (χ0v) is 17.8. The van der Waals surface area contributed by atoms with Crippen LogP contribution >= 0.6 is 0 Å². The molecule has 0 spiro atoms. The van der Waals surface area contributed by atoms with Gasteiger partial charge in [0.25, 0.3) is 5.91 Å². The highest BCUT2D eigenvalue weighted by molar-refractivity contribution is 5.98. The van der Waals surface area contributed by atoms with Crippen LogP contribution in [0.2, 0.25) is 0 Å². The lowest BCUT2D eigenvalue weighted by molar-refractivity contribution is 0.0560. The first kappa shape index (κ1) is 20.5. The second-order valence-electron chi connectivity index (χ2n) is 8.48. The average molecular weight is 433 g/mol. The SMILES string of the molecule is Cc1ccc(-c2ncccn2)c(C(=O)N2C[C@@H]3C[C@@H]3C[C@H]2CCOc2ccc(F)cn2)n1. The molecule has 2 aliphatic rings. The van der Waals surface area contributed by atoms with Gasteiger partial charge in [-0.1, -0.05) is 0 Å². The number of ether oxygens (including phenoxy) is 1. The summed E-state index contributed by atoms with van der Waals surface area (Å²) in [6, 6.07) is 8.38. The number of fused-ring (bicyclic) bond motifs is 1. The van der Waals surface area contributed by atoms with Crippen LogP contribution in [0, 0.1) is 24.6 Å². The summed E-state index contributed by atoms with van der Waals surface area (Å²) < 4.78 is 18.8. The molecule has 3 aromatic heterocycles. The van der Waals surface area contributed by atoms with Crippen molar-refractivity contribution in [3.63, 3.8) is 0 Å². The topological polar surface area (TPSA) is 81.1 Å². The second-order valence-corrected chi connectivity index (χ2v) is 8.48. The number of hydrogen-bond donors (Lipinski definition) is 0. The number of carbonyl (C=O) groups is 1. The Bertz CT molecular complexity index is 1110. The predicted octanol–water partition coefficient (Wildman–Crippen LogP) is 3.70. The number of piperidine rings is 1. The standard InChI is InChI=1S/C24H24FN5O2/c1-15-3-5-20(23-26-8-2-9-27-23)22(29-15)24(31)30-14-17-11-16(17)12-19(30)7-10-32-21-6-4-18(25)13-28-21/h2-6,8-9,13,16-17,19H,7,10-12,14H2,1H3/t16-,17+,19-/m1/s1. The van der Waals surface area contributed by atoms with Gasteiger partial charge in [-0.15, -0.1) is 0 Å². The van der Waals surface area contributed by atoms with Gasteiger partial charge >= 0.3 is 0 Å². The smallest absolute Gasteiger partial charge is 0.273 e. The lowest BCUT2D eigenvalue weighted by Gasteiger charge is -2.35. The van der Waals surface area contributed by atoms with Crippen molar-refractivity contribution < 1.29 is 13.9 Å². The van der Waals surface area contributed by atoms with Crippen molar-refractivity contribution in [2.24, 2.45) is 11.8 Å². The van der Waals surface area contributed by atoms with E-state index in [1.165, 1.54) is 12.1 Å². The van der Waals surface area contributed by atoms with Crippen molar-refractivity contribution in [1.82, 2.24) is 24.8 Å². The molecule has 0 aromatic carbocycles. The van der Waals surface area contributed by atoms with Crippen molar-refractivity contribution in [3.05, 3.63) is 66.1 Å². The lowest BCUT2D eigenvalue weighted by atomic mass is 9.98. The van der Waals surface area contributed by atoms with Gasteiger partial charge in [0.2, 0.25) is 5.88 Å². The third-order valence-electron chi connectivity index (χ3n) is 6.22. The molecule has 32 heavy (non-hydrogen) atoms. The Hall–Kier alpha value is -3.42. The maximum Gasteiger partial charge on any atom is 0.273 e. The number of likely N-dealkylation sites (tertiary alicyclic amines) is 1. The Morgan fingerprint density at radius 1 is 1.12 bits per heavy atom. The molecule has 7 nitrogen and oxygen atoms in total. The quantitative estimate of drug-likeness (QED) is 0.590. The molecule has 0 radical (unpaired) electrons. The number of carbonyl (C=O) groups excluding carboxylic acids is 1. The van der Waals surface area contributed by atoms with Crippen LogP contribution in [0.4, 0.5) is 4.39 Å². The molecule has 1 saturated heterocycles. The van der Waals surface area contributed by atoms with Gasteiger partial charge in [0, 0.05) is 43.2 Å². The predicted molar refractivity (Wildman–Crippen MR) is 115 cm³/mol. The maximum absolute atomic E-state index is 13.7. The minimum Gasteiger partial charge on any atom is -0.478 e. The summed E-state index contributed by atoms with van der Waals surface area (Å²) in [5.74, 6) is 1.63. The summed E-state index contributed by atoms with van der Waals surface area (Å²) in [4.78, 5) is 32.8. The third kappa shape index (κ3) is 4.30. The highest BCUT2D eigenvalue weighted by Gasteiger charge is 2.47. The van der Waals surface area contributed by atoms with Gasteiger partial charge in [0.1, 0.15) is 11.5 Å². The lowest BCUT2D eigenvalue weighted by Crippen LogP contribution is -2.46. The van der Waals surface area contributed by atoms with E-state index in [9.17, 15) is 9.18 Å². The fourth-order valence-corrected chi connectivity index (χ4v) is 4.44. The molecule has 3 aromatic rings. The molecule has 1 aliphatic heterocycles. The Morgan fingerprint density at radius 3 is 2.75 bits per heavy atom. The molecule has 8 heteroatoms. The number of hydrogen-bond acceptors (Lipinski definition) is 6. The molecular weight excluding hydrogens is 409 g/mol. The van der Waals surface area contributed by atoms with Gasteiger partial charge in [-0.05, 0) is 55.9 Å². The van der Waals surface area contributed by atoms with Crippen LogP contribution in [-0.4, -0.2) is 49.9 Å². The number of rotatable bonds is 6. The maximum atomic E-state index is 13.7. The monoisotopic (exact) mass is 433 g/mol. The Kier molecular flexibility index (Phi) is 5.51. The van der Waals surface area contributed by atoms with Gasteiger partial charge in [-0.25, -0.2) is 24.3 Å². The molecule has 1 aliphatic carbocycles. The third-order valence-corrected chi connectivity index (χ3v) is 6.22. The fourth-order valence-electron chi connectivity index (χ4n) is 4.44. The van der Waals surface area contributed by atoms with Crippen molar-refractivity contribution in [2.45, 2.75) is 32.2 Å². The van der Waals surface area contributed by atoms with E-state index < -0.39 is 5.82 Å². The summed E-state index contributed by atoms with van der Waals surface area (Å²) in [7, 11) is 0. The number of halogens is 1. The van der Waals surface area contributed by atoms with E-state index in [1.54, 1.807) is 18.5 Å². The zero-order valence-electron chi connectivity index (χ0n) is 17.8. The molecule has 1 saturated carbocycles. The average Bonchev–Trinajstić information content (AvgIpc) is 3.58. The minimum atomic E-state index is -0.398. The molecule has 5 rings (SSSR count). The Morgan fingerprint density at radius 2 is 1.97 bits per heavy atom. The van der Waals surface area contributed by atoms with E-state index in [-0.39, 0.29) is 11.9 Å². The van der Waals surface area contributed by atoms with Gasteiger partial charge in [-0.2, -0.15) is 0 Å². The van der Waals surface area contributed by atoms with Gasteiger partial charge in [0.05, 0.1) is 18.4 Å². The Balaban J connectivity index is 1.35. The van der Waals surface area contributed by atoms with E-state index in [4.69, 9.17) is 4.74 Å². The number of pyridine rings is 2. The normalized spacial score (nSPS) is 21.7. The molecule has 0 bridgehead atoms. The zero-order chi connectivity index (χ0) is 22.1. The van der Waals surface area contributed by atoms with Crippen LogP contribution in [0.1, 0.15) is 35.4 Å². The van der Waals surface area contributed by atoms with Crippen LogP contribution in [-0.2, 0) is 0 Å². The summed E-state index contributed by atoms with van der Waals surface area (Å²) in [5, 5.41) is 0. The summed E-state index contributed by atoms with van der Waals surface area (Å²) in [5.41, 5.74) is 1.81. The van der Waals surface area contributed by atoms with Gasteiger partial charge < -0.3 is 9.64 Å². The summed E-state index contributed by atoms with van der Waals surface area (Å²) in [6.07, 6.45) is 7.26. The first-order chi connectivity index (χ1) is 15.6. The van der Waals surface area contributed by atoms with Crippen molar-refractivity contribution >= 4 is 5.91 Å². The van der Waals surface area contributed by atoms with E-state index in [0.29, 0.717) is 47.8 Å². The highest BCUT2D eigenvalue weighted by atomic mass is 19.1. The molecule has 2 fully saturated rings. The minimum absolute atomic E-state index is 0.0542. The van der Waals surface area contributed by atoms with Crippen LogP contribution in [0.25, 0.3) is 11.4 Å². The fraction of sp³-hybridized carbons (Fsp3) is 0.375. The number of amides is 1. The first-order valence-electron chi connectivity index (χ1n) is 10.9. The van der Waals surface area contributed by atoms with Crippen LogP contribution < -0.4 is 4.74 Å². The van der Waals surface area contributed by atoms with E-state index in [0.717, 1.165) is 31.3 Å². The van der Waals surface area contributed by atoms with Gasteiger partial charge in [-0.3, -0.25) is 4.79 Å². The van der Waals surface area contributed by atoms with Crippen molar-refractivity contribution in [3.8, 4) is 17.3 Å². The molecule has 4 heterocycles. The van der Waals surface area contributed by atoms with Crippen LogP contribution in [0.5, 0.6) is 5.88 Å². The van der Waals surface area contributed by atoms with Crippen molar-refractivity contribution in [2.75, 3.05) is 13.2 Å². The molecule has 3 atom stereocenters. The van der Waals surface area contributed by atoms with Crippen LogP contribution in [0.3, 0.4) is 0 Å². The van der Waals surface area contributed by atoms with E-state index >= 15 is 0 Å². The largest absolute Gasteiger partial charge is 0.478 e. The second kappa shape index (κ2) is 8.61. The highest BCUT2D eigenvalue weighted by Crippen LogP contribution is 2.48. The number of nitrogens with zero attached hydrogens (tertiary/aromatic N) is 5. The van der Waals surface area contributed by atoms with Crippen molar-refractivity contribution in [1.29, 1.82) is 0 Å². The van der Waals surface area contributed by atoms with E-state index in [1.807, 2.05) is 24.0 Å². The Labute approximate surface area is 185 Å². The molecule has 1 amide bonds. The molecule has 0 unspecified atom stereocenters. The first-order valence-corrected chi connectivity index (χ1v) is 10.9. The number of aromatic nitrogens is 4. The number of aryl methyl sites for hydroxylation is 1. The van der Waals surface area contributed by atoms with Crippen LogP contribution in [0.15, 0.2) is 48.9 Å². The summed E-state index contributed by atoms with van der Waals surface area (Å²) in [6.45, 7) is 3.01. The molecule has 0 N–H and O–H groups in total. The summed E-state index contributed by atoms with van der Waals surface area (Å²) >= 11 is 0. The van der Waals surface area contributed by atoms with E-state index in [2.05, 4.69) is 19.9 Å².